The fraction of sp³-hybridized carbons (Fsp3) is 0.0833. The van der Waals surface area contributed by atoms with Crippen LogP contribution in [0.3, 0.4) is 0 Å². The Morgan fingerprint density at radius 2 is 2.06 bits per heavy atom. The van der Waals surface area contributed by atoms with Gasteiger partial charge in [0.05, 0.1) is 4.91 Å². The monoisotopic (exact) mass is 280 g/mol. The van der Waals surface area contributed by atoms with Gasteiger partial charge in [0.25, 0.3) is 5.91 Å². The number of aliphatic imine (C=N–C) groups is 1. The molecular formula is C12H9ClN2O2S. The molecule has 0 aliphatic carbocycles. The molecule has 4 nitrogen and oxygen atoms in total. The van der Waals surface area contributed by atoms with Crippen molar-refractivity contribution in [1.82, 2.24) is 5.32 Å². The molecule has 0 aromatic heterocycles. The van der Waals surface area contributed by atoms with Crippen molar-refractivity contribution in [2.45, 2.75) is 6.92 Å². The van der Waals surface area contributed by atoms with Crippen molar-refractivity contribution >= 4 is 46.4 Å². The van der Waals surface area contributed by atoms with Gasteiger partial charge in [0.2, 0.25) is 5.91 Å². The Balaban J connectivity index is 2.15. The Morgan fingerprint density at radius 1 is 1.39 bits per heavy atom. The lowest BCUT2D eigenvalue weighted by Crippen LogP contribution is -2.23. The molecule has 0 spiro atoms. The van der Waals surface area contributed by atoms with Gasteiger partial charge in [-0.2, -0.15) is 4.99 Å². The summed E-state index contributed by atoms with van der Waals surface area (Å²) in [5, 5.41) is 3.44. The SMILES string of the molecule is CC(=O)NC1=NC(=O)/C(=C\c2ccc(Cl)cc2)S1. The van der Waals surface area contributed by atoms with Gasteiger partial charge in [-0.1, -0.05) is 23.7 Å². The van der Waals surface area contributed by atoms with Crippen molar-refractivity contribution in [3.63, 3.8) is 0 Å². The molecule has 18 heavy (non-hydrogen) atoms. The van der Waals surface area contributed by atoms with Crippen molar-refractivity contribution in [2.24, 2.45) is 4.99 Å². The molecule has 1 aliphatic heterocycles. The third kappa shape index (κ3) is 3.21. The Kier molecular flexibility index (Phi) is 3.84. The van der Waals surface area contributed by atoms with Gasteiger partial charge in [0, 0.05) is 11.9 Å². The van der Waals surface area contributed by atoms with Crippen LogP contribution in [0.4, 0.5) is 0 Å². The maximum Gasteiger partial charge on any atom is 0.286 e. The fourth-order valence-electron chi connectivity index (χ4n) is 1.32. The first-order valence-electron chi connectivity index (χ1n) is 5.10. The predicted octanol–water partition coefficient (Wildman–Crippen LogP) is 2.45. The van der Waals surface area contributed by atoms with Gasteiger partial charge in [-0.15, -0.1) is 0 Å². The maximum absolute atomic E-state index is 11.6. The summed E-state index contributed by atoms with van der Waals surface area (Å²) >= 11 is 6.92. The van der Waals surface area contributed by atoms with Crippen LogP contribution in [0.15, 0.2) is 34.2 Å². The second kappa shape index (κ2) is 5.37. The zero-order valence-electron chi connectivity index (χ0n) is 9.44. The molecule has 1 heterocycles. The summed E-state index contributed by atoms with van der Waals surface area (Å²) in [7, 11) is 0. The molecular weight excluding hydrogens is 272 g/mol. The van der Waals surface area contributed by atoms with E-state index < -0.39 is 0 Å². The number of hydrogen-bond donors (Lipinski definition) is 1. The molecule has 1 aromatic carbocycles. The largest absolute Gasteiger partial charge is 0.305 e. The molecule has 0 bridgehead atoms. The van der Waals surface area contributed by atoms with Crippen LogP contribution in [-0.2, 0) is 9.59 Å². The summed E-state index contributed by atoms with van der Waals surface area (Å²) in [5.41, 5.74) is 0.856. The molecule has 2 rings (SSSR count). The van der Waals surface area contributed by atoms with Gasteiger partial charge < -0.3 is 5.32 Å². The van der Waals surface area contributed by atoms with E-state index in [9.17, 15) is 9.59 Å². The first-order valence-corrected chi connectivity index (χ1v) is 6.30. The minimum Gasteiger partial charge on any atom is -0.305 e. The summed E-state index contributed by atoms with van der Waals surface area (Å²) in [5.74, 6) is -0.597. The van der Waals surface area contributed by atoms with Crippen molar-refractivity contribution in [3.05, 3.63) is 39.8 Å². The molecule has 0 unspecified atom stereocenters. The Hall–Kier alpha value is -1.59. The molecule has 1 N–H and O–H groups in total. The maximum atomic E-state index is 11.6. The van der Waals surface area contributed by atoms with Crippen LogP contribution in [0.5, 0.6) is 0 Å². The smallest absolute Gasteiger partial charge is 0.286 e. The number of amides is 2. The van der Waals surface area contributed by atoms with Gasteiger partial charge in [0.15, 0.2) is 5.17 Å². The first-order chi connectivity index (χ1) is 8.54. The van der Waals surface area contributed by atoms with E-state index in [4.69, 9.17) is 11.6 Å². The topological polar surface area (TPSA) is 58.5 Å². The van der Waals surface area contributed by atoms with Crippen LogP contribution in [0.1, 0.15) is 12.5 Å². The van der Waals surface area contributed by atoms with Crippen molar-refractivity contribution < 1.29 is 9.59 Å². The average Bonchev–Trinajstić information content (AvgIpc) is 2.61. The lowest BCUT2D eigenvalue weighted by atomic mass is 10.2. The number of carbonyl (C=O) groups excluding carboxylic acids is 2. The molecule has 0 radical (unpaired) electrons. The van der Waals surface area contributed by atoms with Crippen LogP contribution in [0.25, 0.3) is 6.08 Å². The third-order valence-corrected chi connectivity index (χ3v) is 3.22. The highest BCUT2D eigenvalue weighted by atomic mass is 35.5. The number of carbonyl (C=O) groups is 2. The van der Waals surface area contributed by atoms with E-state index in [1.807, 2.05) is 0 Å². The summed E-state index contributed by atoms with van der Waals surface area (Å²) in [6.07, 6.45) is 1.71. The predicted molar refractivity (Wildman–Crippen MR) is 73.3 cm³/mol. The van der Waals surface area contributed by atoms with Crippen LogP contribution < -0.4 is 5.32 Å². The van der Waals surface area contributed by atoms with Gasteiger partial charge in [0.1, 0.15) is 0 Å². The Bertz CT molecular complexity index is 564. The number of benzene rings is 1. The number of nitrogens with zero attached hydrogens (tertiary/aromatic N) is 1. The third-order valence-electron chi connectivity index (χ3n) is 2.07. The van der Waals surface area contributed by atoms with E-state index in [1.54, 1.807) is 30.3 Å². The van der Waals surface area contributed by atoms with E-state index in [-0.39, 0.29) is 11.8 Å². The van der Waals surface area contributed by atoms with E-state index >= 15 is 0 Å². The fourth-order valence-corrected chi connectivity index (χ4v) is 2.31. The lowest BCUT2D eigenvalue weighted by Gasteiger charge is -1.98. The van der Waals surface area contributed by atoms with E-state index in [0.717, 1.165) is 17.3 Å². The molecule has 0 saturated heterocycles. The molecule has 92 valence electrons. The molecule has 2 amide bonds. The zero-order valence-corrected chi connectivity index (χ0v) is 11.0. The van der Waals surface area contributed by atoms with E-state index in [2.05, 4.69) is 10.3 Å². The average molecular weight is 281 g/mol. The van der Waals surface area contributed by atoms with Crippen molar-refractivity contribution in [3.8, 4) is 0 Å². The number of nitrogens with one attached hydrogen (secondary N) is 1. The second-order valence-corrected chi connectivity index (χ2v) is 5.03. The normalized spacial score (nSPS) is 16.9. The van der Waals surface area contributed by atoms with Crippen LogP contribution >= 0.6 is 23.4 Å². The summed E-state index contributed by atoms with van der Waals surface area (Å²) in [4.78, 5) is 26.7. The summed E-state index contributed by atoms with van der Waals surface area (Å²) in [6, 6.07) is 7.10. The lowest BCUT2D eigenvalue weighted by molar-refractivity contribution is -0.117. The minimum absolute atomic E-state index is 0.248. The van der Waals surface area contributed by atoms with Crippen molar-refractivity contribution in [2.75, 3.05) is 0 Å². The van der Waals surface area contributed by atoms with Gasteiger partial charge in [-0.25, -0.2) is 0 Å². The quantitative estimate of drug-likeness (QED) is 0.804. The highest BCUT2D eigenvalue weighted by Crippen LogP contribution is 2.27. The van der Waals surface area contributed by atoms with Crippen LogP contribution in [0.2, 0.25) is 5.02 Å². The number of thioether (sulfide) groups is 1. The van der Waals surface area contributed by atoms with Crippen molar-refractivity contribution in [1.29, 1.82) is 0 Å². The summed E-state index contributed by atoms with van der Waals surface area (Å²) in [6.45, 7) is 1.37. The van der Waals surface area contributed by atoms with E-state index in [0.29, 0.717) is 15.1 Å². The van der Waals surface area contributed by atoms with E-state index in [1.165, 1.54) is 6.92 Å². The van der Waals surface area contributed by atoms with Gasteiger partial charge in [-0.3, -0.25) is 9.59 Å². The molecule has 0 saturated carbocycles. The molecule has 6 heteroatoms. The Labute approximate surface area is 113 Å². The standard InChI is InChI=1S/C12H9ClN2O2S/c1-7(16)14-12-15-11(17)10(18-12)6-8-2-4-9(13)5-3-8/h2-6H,1H3,(H,14,15,16,17)/b10-6+. The highest BCUT2D eigenvalue weighted by Gasteiger charge is 2.22. The second-order valence-electron chi connectivity index (χ2n) is 3.57. The molecule has 1 aliphatic rings. The first kappa shape index (κ1) is 12.9. The molecule has 0 fully saturated rings. The van der Waals surface area contributed by atoms with Crippen LogP contribution in [-0.4, -0.2) is 17.0 Å². The molecule has 1 aromatic rings. The number of hydrogen-bond acceptors (Lipinski definition) is 3. The number of halogens is 1. The number of amidine groups is 1. The zero-order chi connectivity index (χ0) is 13.1. The van der Waals surface area contributed by atoms with Crippen LogP contribution in [0, 0.1) is 0 Å². The van der Waals surface area contributed by atoms with Gasteiger partial charge in [-0.05, 0) is 35.5 Å². The van der Waals surface area contributed by atoms with Gasteiger partial charge >= 0.3 is 0 Å². The minimum atomic E-state index is -0.348. The number of rotatable bonds is 1. The highest BCUT2D eigenvalue weighted by molar-refractivity contribution is 8.18. The summed E-state index contributed by atoms with van der Waals surface area (Å²) < 4.78 is 0. The molecule has 0 atom stereocenters. The Morgan fingerprint density at radius 3 is 2.67 bits per heavy atom.